The number of carbonyl (C=O) groups is 1. The molecule has 0 bridgehead atoms. The van der Waals surface area contributed by atoms with E-state index >= 15 is 0 Å². The van der Waals surface area contributed by atoms with Gasteiger partial charge < -0.3 is 15.1 Å². The van der Waals surface area contributed by atoms with Gasteiger partial charge in [-0.3, -0.25) is 9.79 Å². The van der Waals surface area contributed by atoms with Crippen molar-refractivity contribution in [1.82, 2.24) is 20.1 Å². The highest BCUT2D eigenvalue weighted by Crippen LogP contribution is 2.17. The average Bonchev–Trinajstić information content (AvgIpc) is 2.84. The zero-order valence-electron chi connectivity index (χ0n) is 15.0. The minimum Gasteiger partial charge on any atom is -0.357 e. The lowest BCUT2D eigenvalue weighted by Gasteiger charge is -2.36. The van der Waals surface area contributed by atoms with Gasteiger partial charge in [0.15, 0.2) is 5.96 Å². The number of halogens is 1. The van der Waals surface area contributed by atoms with Gasteiger partial charge in [0, 0.05) is 57.5 Å². The molecule has 0 saturated carbocycles. The van der Waals surface area contributed by atoms with E-state index in [0.29, 0.717) is 0 Å². The molecule has 136 valence electrons. The number of amides is 1. The Balaban J connectivity index is 0.00000288. The Hall–Kier alpha value is -0.900. The second-order valence-corrected chi connectivity index (χ2v) is 7.01. The van der Waals surface area contributed by atoms with Gasteiger partial charge in [0.25, 0.3) is 0 Å². The molecule has 0 aliphatic carbocycles. The van der Waals surface area contributed by atoms with Gasteiger partial charge in [0.2, 0.25) is 5.91 Å². The monoisotopic (exact) mass is 465 g/mol. The lowest BCUT2D eigenvalue weighted by Crippen LogP contribution is -2.53. The highest BCUT2D eigenvalue weighted by Gasteiger charge is 2.20. The zero-order valence-corrected chi connectivity index (χ0v) is 18.1. The summed E-state index contributed by atoms with van der Waals surface area (Å²) in [6, 6.07) is 0. The van der Waals surface area contributed by atoms with Crippen molar-refractivity contribution in [2.24, 2.45) is 4.99 Å². The van der Waals surface area contributed by atoms with Gasteiger partial charge in [0.1, 0.15) is 0 Å². The number of rotatable bonds is 4. The highest BCUT2D eigenvalue weighted by molar-refractivity contribution is 14.0. The SMILES string of the molecule is CCNC(=NCCc1sc(C)nc1C)N1CCN(C(C)=O)CC1.I. The van der Waals surface area contributed by atoms with Gasteiger partial charge >= 0.3 is 0 Å². The molecular weight excluding hydrogens is 437 g/mol. The fourth-order valence-electron chi connectivity index (χ4n) is 2.73. The van der Waals surface area contributed by atoms with E-state index in [2.05, 4.69) is 29.0 Å². The summed E-state index contributed by atoms with van der Waals surface area (Å²) in [5.74, 6) is 1.11. The quantitative estimate of drug-likeness (QED) is 0.420. The maximum atomic E-state index is 11.4. The molecule has 24 heavy (non-hydrogen) atoms. The summed E-state index contributed by atoms with van der Waals surface area (Å²) in [5, 5.41) is 4.48. The molecule has 8 heteroatoms. The molecule has 1 saturated heterocycles. The van der Waals surface area contributed by atoms with Gasteiger partial charge in [-0.1, -0.05) is 0 Å². The first-order valence-electron chi connectivity index (χ1n) is 8.23. The molecule has 1 aliphatic rings. The highest BCUT2D eigenvalue weighted by atomic mass is 127. The van der Waals surface area contributed by atoms with Gasteiger partial charge in [-0.25, -0.2) is 4.98 Å². The van der Waals surface area contributed by atoms with E-state index in [9.17, 15) is 4.79 Å². The number of hydrogen-bond donors (Lipinski definition) is 1. The molecule has 1 amide bonds. The number of guanidine groups is 1. The third-order valence-corrected chi connectivity index (χ3v) is 5.09. The fraction of sp³-hybridized carbons (Fsp3) is 0.688. The van der Waals surface area contributed by atoms with Crippen LogP contribution < -0.4 is 5.32 Å². The molecule has 0 aromatic carbocycles. The zero-order chi connectivity index (χ0) is 16.8. The summed E-state index contributed by atoms with van der Waals surface area (Å²) >= 11 is 1.76. The summed E-state index contributed by atoms with van der Waals surface area (Å²) in [6.07, 6.45) is 0.930. The third-order valence-electron chi connectivity index (χ3n) is 3.96. The smallest absolute Gasteiger partial charge is 0.219 e. The number of aliphatic imine (C=N–C) groups is 1. The van der Waals surface area contributed by atoms with Crippen molar-refractivity contribution in [2.75, 3.05) is 39.3 Å². The molecule has 0 atom stereocenters. The van der Waals surface area contributed by atoms with Crippen molar-refractivity contribution in [3.05, 3.63) is 15.6 Å². The fourth-order valence-corrected chi connectivity index (χ4v) is 3.65. The molecule has 0 spiro atoms. The van der Waals surface area contributed by atoms with Crippen LogP contribution in [0.1, 0.15) is 29.4 Å². The Labute approximate surface area is 165 Å². The molecule has 2 heterocycles. The normalized spacial score (nSPS) is 15.2. The minimum absolute atomic E-state index is 0. The van der Waals surface area contributed by atoms with Gasteiger partial charge in [-0.05, 0) is 20.8 Å². The number of hydrogen-bond acceptors (Lipinski definition) is 4. The molecule has 0 radical (unpaired) electrons. The van der Waals surface area contributed by atoms with E-state index in [1.54, 1.807) is 18.3 Å². The molecule has 0 unspecified atom stereocenters. The van der Waals surface area contributed by atoms with E-state index < -0.39 is 0 Å². The molecule has 1 N–H and O–H groups in total. The maximum absolute atomic E-state index is 11.4. The van der Waals surface area contributed by atoms with Crippen LogP contribution in [-0.2, 0) is 11.2 Å². The van der Waals surface area contributed by atoms with Crippen LogP contribution >= 0.6 is 35.3 Å². The molecule has 1 aromatic rings. The van der Waals surface area contributed by atoms with E-state index in [1.807, 2.05) is 11.8 Å². The van der Waals surface area contributed by atoms with Crippen LogP contribution in [0.3, 0.4) is 0 Å². The predicted octanol–water partition coefficient (Wildman–Crippen LogP) is 2.05. The molecule has 1 aromatic heterocycles. The number of thiazole rings is 1. The molecular formula is C16H28IN5OS. The summed E-state index contributed by atoms with van der Waals surface area (Å²) in [4.78, 5) is 26.1. The largest absolute Gasteiger partial charge is 0.357 e. The predicted molar refractivity (Wildman–Crippen MR) is 111 cm³/mol. The Kier molecular flexibility index (Phi) is 8.96. The van der Waals surface area contributed by atoms with Crippen LogP contribution in [-0.4, -0.2) is 65.9 Å². The maximum Gasteiger partial charge on any atom is 0.219 e. The van der Waals surface area contributed by atoms with Crippen molar-refractivity contribution >= 4 is 47.2 Å². The van der Waals surface area contributed by atoms with Gasteiger partial charge in [0.05, 0.1) is 10.7 Å². The van der Waals surface area contributed by atoms with Crippen LogP contribution in [0.2, 0.25) is 0 Å². The number of nitrogens with one attached hydrogen (secondary N) is 1. The lowest BCUT2D eigenvalue weighted by molar-refractivity contribution is -0.130. The summed E-state index contributed by atoms with van der Waals surface area (Å²) in [7, 11) is 0. The Bertz CT molecular complexity index is 567. The number of nitrogens with zero attached hydrogens (tertiary/aromatic N) is 4. The van der Waals surface area contributed by atoms with Gasteiger partial charge in [-0.15, -0.1) is 35.3 Å². The van der Waals surface area contributed by atoms with Gasteiger partial charge in [-0.2, -0.15) is 0 Å². The summed E-state index contributed by atoms with van der Waals surface area (Å²) < 4.78 is 0. The van der Waals surface area contributed by atoms with Crippen LogP contribution in [0.15, 0.2) is 4.99 Å². The Morgan fingerprint density at radius 1 is 1.25 bits per heavy atom. The Morgan fingerprint density at radius 3 is 2.38 bits per heavy atom. The third kappa shape index (κ3) is 5.87. The standard InChI is InChI=1S/C16H27N5OS.HI/c1-5-17-16(21-10-8-20(9-11-21)14(4)22)18-7-6-15-12(2)19-13(3)23-15;/h5-11H2,1-4H3,(H,17,18);1H. The first kappa shape index (κ1) is 21.1. The Morgan fingerprint density at radius 2 is 1.88 bits per heavy atom. The first-order valence-corrected chi connectivity index (χ1v) is 9.04. The van der Waals surface area contributed by atoms with Crippen LogP contribution in [0.25, 0.3) is 0 Å². The summed E-state index contributed by atoms with van der Waals surface area (Å²) in [6.45, 7) is 12.7. The average molecular weight is 465 g/mol. The van der Waals surface area contributed by atoms with E-state index in [1.165, 1.54) is 4.88 Å². The molecule has 2 rings (SSSR count). The number of piperazine rings is 1. The summed E-state index contributed by atoms with van der Waals surface area (Å²) in [5.41, 5.74) is 1.13. The van der Waals surface area contributed by atoms with Crippen LogP contribution in [0.5, 0.6) is 0 Å². The van der Waals surface area contributed by atoms with Crippen molar-refractivity contribution in [3.8, 4) is 0 Å². The molecule has 1 aliphatic heterocycles. The number of carbonyl (C=O) groups excluding carboxylic acids is 1. The second kappa shape index (κ2) is 10.2. The molecule has 1 fully saturated rings. The molecule has 6 nitrogen and oxygen atoms in total. The minimum atomic E-state index is 0. The first-order chi connectivity index (χ1) is 11.0. The topological polar surface area (TPSA) is 60.8 Å². The lowest BCUT2D eigenvalue weighted by atomic mass is 10.3. The van der Waals surface area contributed by atoms with E-state index in [0.717, 1.165) is 62.4 Å². The number of aromatic nitrogens is 1. The van der Waals surface area contributed by atoms with E-state index in [4.69, 9.17) is 4.99 Å². The van der Waals surface area contributed by atoms with Crippen LogP contribution in [0.4, 0.5) is 0 Å². The van der Waals surface area contributed by atoms with E-state index in [-0.39, 0.29) is 29.9 Å². The second-order valence-electron chi connectivity index (χ2n) is 5.72. The van der Waals surface area contributed by atoms with Crippen LogP contribution in [0, 0.1) is 13.8 Å². The van der Waals surface area contributed by atoms with Crippen molar-refractivity contribution in [3.63, 3.8) is 0 Å². The number of aryl methyl sites for hydroxylation is 2. The van der Waals surface area contributed by atoms with Crippen molar-refractivity contribution in [2.45, 2.75) is 34.1 Å². The van der Waals surface area contributed by atoms with Crippen molar-refractivity contribution < 1.29 is 4.79 Å². The van der Waals surface area contributed by atoms with Crippen molar-refractivity contribution in [1.29, 1.82) is 0 Å².